The smallest absolute Gasteiger partial charge is 0.233 e. The lowest BCUT2D eigenvalue weighted by Crippen LogP contribution is -2.07. The fourth-order valence-corrected chi connectivity index (χ4v) is 0.770. The molecule has 0 saturated carbocycles. The molecule has 0 saturated heterocycles. The van der Waals surface area contributed by atoms with Gasteiger partial charge in [-0.2, -0.15) is 0 Å². The highest BCUT2D eigenvalue weighted by atomic mass is 16.5. The van der Waals surface area contributed by atoms with Gasteiger partial charge in [0.2, 0.25) is 5.88 Å². The highest BCUT2D eigenvalue weighted by Gasteiger charge is 1.99. The number of aromatic nitrogens is 2. The van der Waals surface area contributed by atoms with Gasteiger partial charge in [0.15, 0.2) is 0 Å². The van der Waals surface area contributed by atoms with Crippen molar-refractivity contribution in [1.82, 2.24) is 10.2 Å². The van der Waals surface area contributed by atoms with Gasteiger partial charge in [-0.15, -0.1) is 10.2 Å². The van der Waals surface area contributed by atoms with Crippen LogP contribution in [0.5, 0.6) is 5.88 Å². The summed E-state index contributed by atoms with van der Waals surface area (Å²) >= 11 is 0. The Labute approximate surface area is 118 Å². The van der Waals surface area contributed by atoms with E-state index in [0.29, 0.717) is 24.9 Å². The molecule has 0 radical (unpaired) electrons. The van der Waals surface area contributed by atoms with E-state index >= 15 is 0 Å². The molecule has 114 valence electrons. The molecule has 5 nitrogen and oxygen atoms in total. The van der Waals surface area contributed by atoms with E-state index in [9.17, 15) is 0 Å². The summed E-state index contributed by atoms with van der Waals surface area (Å²) in [5, 5.41) is 7.48. The Bertz CT molecular complexity index is 281. The van der Waals surface area contributed by atoms with Crippen LogP contribution in [0, 0.1) is 6.92 Å². The number of ether oxygens (including phenoxy) is 2. The maximum absolute atomic E-state index is 5.49. The van der Waals surface area contributed by atoms with Crippen LogP contribution in [-0.2, 0) is 4.74 Å². The summed E-state index contributed by atoms with van der Waals surface area (Å²) in [5.74, 6) is 0.905. The zero-order chi connectivity index (χ0) is 15.7. The van der Waals surface area contributed by atoms with Crippen molar-refractivity contribution in [3.05, 3.63) is 11.6 Å². The maximum atomic E-state index is 5.49. The fraction of sp³-hybridized carbons (Fsp3) is 0.714. The van der Waals surface area contributed by atoms with Gasteiger partial charge < -0.3 is 15.2 Å². The molecule has 0 fully saturated rings. The zero-order valence-electron chi connectivity index (χ0n) is 13.8. The first kappa shape index (κ1) is 22.8. The predicted molar refractivity (Wildman–Crippen MR) is 82.6 cm³/mol. The second-order valence-corrected chi connectivity index (χ2v) is 2.59. The van der Waals surface area contributed by atoms with E-state index in [2.05, 4.69) is 10.2 Å². The van der Waals surface area contributed by atoms with Gasteiger partial charge in [-0.25, -0.2) is 0 Å². The molecule has 0 aliphatic heterocycles. The lowest BCUT2D eigenvalue weighted by atomic mass is 10.3. The standard InChI is InChI=1S/C8H13N3O2.3C2H6/c1-6-5-7(10-11-8(6)9)13-4-3-12-2;3*1-2/h5H,3-4H2,1-2H3,(H2,9,11);3*1-2H3. The van der Waals surface area contributed by atoms with E-state index in [1.165, 1.54) is 0 Å². The number of anilines is 1. The molecule has 0 unspecified atom stereocenters. The van der Waals surface area contributed by atoms with Crippen LogP contribution in [0.4, 0.5) is 5.82 Å². The number of methoxy groups -OCH3 is 1. The zero-order valence-corrected chi connectivity index (χ0v) is 13.8. The molecule has 1 aromatic heterocycles. The van der Waals surface area contributed by atoms with Crippen molar-refractivity contribution in [3.63, 3.8) is 0 Å². The molecule has 0 amide bonds. The van der Waals surface area contributed by atoms with Crippen molar-refractivity contribution in [1.29, 1.82) is 0 Å². The first-order valence-electron chi connectivity index (χ1n) is 6.95. The third-order valence-electron chi connectivity index (χ3n) is 1.54. The van der Waals surface area contributed by atoms with Crippen molar-refractivity contribution in [2.45, 2.75) is 48.5 Å². The summed E-state index contributed by atoms with van der Waals surface area (Å²) in [7, 11) is 1.61. The SMILES string of the molecule is CC.CC.CC.COCCOc1cc(C)c(N)nn1. The van der Waals surface area contributed by atoms with Gasteiger partial charge in [0.1, 0.15) is 12.4 Å². The number of nitrogens with zero attached hydrogens (tertiary/aromatic N) is 2. The van der Waals surface area contributed by atoms with E-state index in [0.717, 1.165) is 5.56 Å². The van der Waals surface area contributed by atoms with Crippen molar-refractivity contribution in [3.8, 4) is 5.88 Å². The number of hydrogen-bond donors (Lipinski definition) is 1. The summed E-state index contributed by atoms with van der Waals surface area (Å²) in [4.78, 5) is 0. The molecule has 1 aromatic rings. The summed E-state index contributed by atoms with van der Waals surface area (Å²) in [6.45, 7) is 14.9. The third-order valence-corrected chi connectivity index (χ3v) is 1.54. The van der Waals surface area contributed by atoms with Crippen LogP contribution < -0.4 is 10.5 Å². The monoisotopic (exact) mass is 273 g/mol. The molecule has 0 aromatic carbocycles. The number of aryl methyl sites for hydroxylation is 1. The average molecular weight is 273 g/mol. The van der Waals surface area contributed by atoms with E-state index in [1.807, 2.05) is 48.5 Å². The van der Waals surface area contributed by atoms with Gasteiger partial charge in [0.05, 0.1) is 6.61 Å². The molecule has 0 bridgehead atoms. The van der Waals surface area contributed by atoms with Crippen molar-refractivity contribution in [2.75, 3.05) is 26.1 Å². The van der Waals surface area contributed by atoms with Gasteiger partial charge in [-0.1, -0.05) is 41.5 Å². The van der Waals surface area contributed by atoms with Crippen LogP contribution >= 0.6 is 0 Å². The Morgan fingerprint density at radius 1 is 1.00 bits per heavy atom. The molecule has 2 N–H and O–H groups in total. The Kier molecular flexibility index (Phi) is 22.8. The lowest BCUT2D eigenvalue weighted by Gasteiger charge is -2.04. The van der Waals surface area contributed by atoms with Crippen LogP contribution in [-0.4, -0.2) is 30.5 Å². The number of hydrogen-bond acceptors (Lipinski definition) is 5. The molecule has 1 heterocycles. The number of nitrogens with two attached hydrogens (primary N) is 1. The van der Waals surface area contributed by atoms with Crippen LogP contribution in [0.2, 0.25) is 0 Å². The summed E-state index contributed by atoms with van der Waals surface area (Å²) in [6.07, 6.45) is 0. The summed E-state index contributed by atoms with van der Waals surface area (Å²) in [5.41, 5.74) is 6.35. The summed E-state index contributed by atoms with van der Waals surface area (Å²) in [6, 6.07) is 1.75. The Balaban J connectivity index is -0.000000375. The maximum Gasteiger partial charge on any atom is 0.233 e. The minimum absolute atomic E-state index is 0.430. The Morgan fingerprint density at radius 2 is 1.53 bits per heavy atom. The molecule has 1 rings (SSSR count). The van der Waals surface area contributed by atoms with Gasteiger partial charge >= 0.3 is 0 Å². The second kappa shape index (κ2) is 19.0. The second-order valence-electron chi connectivity index (χ2n) is 2.59. The van der Waals surface area contributed by atoms with Gasteiger partial charge in [-0.05, 0) is 12.5 Å². The van der Waals surface area contributed by atoms with Crippen molar-refractivity contribution in [2.24, 2.45) is 0 Å². The summed E-state index contributed by atoms with van der Waals surface area (Å²) < 4.78 is 10.0. The minimum atomic E-state index is 0.430. The quantitative estimate of drug-likeness (QED) is 0.850. The lowest BCUT2D eigenvalue weighted by molar-refractivity contribution is 0.143. The largest absolute Gasteiger partial charge is 0.474 e. The van der Waals surface area contributed by atoms with Crippen molar-refractivity contribution < 1.29 is 9.47 Å². The van der Waals surface area contributed by atoms with Gasteiger partial charge in [0.25, 0.3) is 0 Å². The van der Waals surface area contributed by atoms with Crippen LogP contribution in [0.1, 0.15) is 47.1 Å². The predicted octanol–water partition coefficient (Wildman–Crippen LogP) is 3.47. The molecular formula is C14H31N3O2. The first-order valence-corrected chi connectivity index (χ1v) is 6.95. The fourth-order valence-electron chi connectivity index (χ4n) is 0.770. The molecule has 0 atom stereocenters. The highest BCUT2D eigenvalue weighted by Crippen LogP contribution is 2.11. The Hall–Kier alpha value is -1.36. The number of nitrogen functional groups attached to an aromatic ring is 1. The molecule has 0 aliphatic rings. The normalized spacial score (nSPS) is 7.79. The third kappa shape index (κ3) is 12.9. The van der Waals surface area contributed by atoms with Gasteiger partial charge in [-0.3, -0.25) is 0 Å². The Morgan fingerprint density at radius 3 is 1.95 bits per heavy atom. The molecule has 0 spiro atoms. The van der Waals surface area contributed by atoms with Crippen molar-refractivity contribution >= 4 is 5.82 Å². The van der Waals surface area contributed by atoms with E-state index < -0.39 is 0 Å². The molecule has 5 heteroatoms. The molecular weight excluding hydrogens is 242 g/mol. The topological polar surface area (TPSA) is 70.3 Å². The van der Waals surface area contributed by atoms with E-state index in [1.54, 1.807) is 13.2 Å². The average Bonchev–Trinajstić information content (AvgIpc) is 2.49. The van der Waals surface area contributed by atoms with Crippen LogP contribution in [0.15, 0.2) is 6.07 Å². The number of rotatable bonds is 4. The van der Waals surface area contributed by atoms with Crippen LogP contribution in [0.25, 0.3) is 0 Å². The van der Waals surface area contributed by atoms with Crippen LogP contribution in [0.3, 0.4) is 0 Å². The highest BCUT2D eigenvalue weighted by molar-refractivity contribution is 5.38. The van der Waals surface area contributed by atoms with E-state index in [-0.39, 0.29) is 0 Å². The molecule has 19 heavy (non-hydrogen) atoms. The molecule has 0 aliphatic carbocycles. The minimum Gasteiger partial charge on any atom is -0.474 e. The van der Waals surface area contributed by atoms with Gasteiger partial charge in [0, 0.05) is 13.2 Å². The van der Waals surface area contributed by atoms with E-state index in [4.69, 9.17) is 15.2 Å². The first-order chi connectivity index (χ1) is 9.24.